The molecular formula is C20H25ClN4O2. The number of nitrogens with one attached hydrogen (secondary N) is 1. The van der Waals surface area contributed by atoms with Crippen LogP contribution in [0.5, 0.6) is 5.75 Å². The summed E-state index contributed by atoms with van der Waals surface area (Å²) in [5, 5.41) is 7.80. The summed E-state index contributed by atoms with van der Waals surface area (Å²) in [5.74, 6) is 1.64. The lowest BCUT2D eigenvalue weighted by atomic mass is 9.86. The van der Waals surface area contributed by atoms with Crippen LogP contribution in [0.4, 0.5) is 10.5 Å². The first-order chi connectivity index (χ1) is 13.1. The van der Waals surface area contributed by atoms with Crippen molar-refractivity contribution in [2.45, 2.75) is 31.6 Å². The predicted molar refractivity (Wildman–Crippen MR) is 105 cm³/mol. The Balaban J connectivity index is 1.39. The number of urea groups is 1. The van der Waals surface area contributed by atoms with Crippen molar-refractivity contribution < 1.29 is 9.53 Å². The van der Waals surface area contributed by atoms with Gasteiger partial charge in [0.1, 0.15) is 5.75 Å². The fraction of sp³-hybridized carbons (Fsp3) is 0.500. The molecule has 2 amide bonds. The molecular weight excluding hydrogens is 364 g/mol. The van der Waals surface area contributed by atoms with Crippen LogP contribution < -0.4 is 10.1 Å². The van der Waals surface area contributed by atoms with Crippen molar-refractivity contribution >= 4 is 23.3 Å². The Kier molecular flexibility index (Phi) is 5.25. The van der Waals surface area contributed by atoms with Gasteiger partial charge in [0.25, 0.3) is 0 Å². The third-order valence-corrected chi connectivity index (χ3v) is 5.79. The zero-order valence-corrected chi connectivity index (χ0v) is 16.3. The monoisotopic (exact) mass is 388 g/mol. The standard InChI is InChI=1S/C20H25ClN4O2/c1-24-11-16(10-22-24)15-7-8-25(12-15)20(26)23-18-9-17(21)5-6-19(18)27-13-14-3-2-4-14/h5-6,9-11,14-15H,2-4,7-8,12-13H2,1H3,(H,23,26)/t15-/m0/s1. The van der Waals surface area contributed by atoms with Crippen LogP contribution in [0.3, 0.4) is 0 Å². The maximum absolute atomic E-state index is 12.8. The van der Waals surface area contributed by atoms with Crippen LogP contribution in [-0.2, 0) is 7.05 Å². The minimum Gasteiger partial charge on any atom is -0.491 e. The summed E-state index contributed by atoms with van der Waals surface area (Å²) in [6.07, 6.45) is 8.58. The van der Waals surface area contributed by atoms with Gasteiger partial charge in [-0.05, 0) is 48.9 Å². The van der Waals surface area contributed by atoms with Gasteiger partial charge in [0.15, 0.2) is 0 Å². The van der Waals surface area contributed by atoms with E-state index >= 15 is 0 Å². The number of halogens is 1. The van der Waals surface area contributed by atoms with Crippen LogP contribution in [-0.4, -0.2) is 40.4 Å². The predicted octanol–water partition coefficient (Wildman–Crippen LogP) is 4.27. The van der Waals surface area contributed by atoms with Gasteiger partial charge in [0, 0.05) is 37.3 Å². The normalized spacial score (nSPS) is 19.8. The van der Waals surface area contributed by atoms with Crippen molar-refractivity contribution in [1.82, 2.24) is 14.7 Å². The Hall–Kier alpha value is -2.21. The van der Waals surface area contributed by atoms with Gasteiger partial charge >= 0.3 is 6.03 Å². The van der Waals surface area contributed by atoms with E-state index in [1.54, 1.807) is 16.8 Å². The number of amides is 2. The topological polar surface area (TPSA) is 59.4 Å². The van der Waals surface area contributed by atoms with E-state index in [9.17, 15) is 4.79 Å². The quantitative estimate of drug-likeness (QED) is 0.831. The first-order valence-corrected chi connectivity index (χ1v) is 9.93. The third-order valence-electron chi connectivity index (χ3n) is 5.55. The van der Waals surface area contributed by atoms with Crippen LogP contribution in [0.2, 0.25) is 5.02 Å². The number of benzene rings is 1. The Bertz CT molecular complexity index is 818. The number of nitrogens with zero attached hydrogens (tertiary/aromatic N) is 3. The first kappa shape index (κ1) is 18.2. The van der Waals surface area contributed by atoms with E-state index in [1.807, 2.05) is 30.4 Å². The molecule has 0 bridgehead atoms. The molecule has 0 unspecified atom stereocenters. The van der Waals surface area contributed by atoms with Crippen LogP contribution in [0, 0.1) is 5.92 Å². The molecule has 1 saturated carbocycles. The minimum absolute atomic E-state index is 0.114. The molecule has 6 nitrogen and oxygen atoms in total. The number of anilines is 1. The van der Waals surface area contributed by atoms with E-state index in [4.69, 9.17) is 16.3 Å². The Morgan fingerprint density at radius 1 is 1.37 bits per heavy atom. The molecule has 1 aliphatic heterocycles. The highest BCUT2D eigenvalue weighted by atomic mass is 35.5. The summed E-state index contributed by atoms with van der Waals surface area (Å²) in [4.78, 5) is 14.6. The van der Waals surface area contributed by atoms with Crippen molar-refractivity contribution in [2.24, 2.45) is 13.0 Å². The van der Waals surface area contributed by atoms with E-state index < -0.39 is 0 Å². The van der Waals surface area contributed by atoms with Crippen molar-refractivity contribution in [3.63, 3.8) is 0 Å². The molecule has 27 heavy (non-hydrogen) atoms. The highest BCUT2D eigenvalue weighted by molar-refractivity contribution is 6.31. The lowest BCUT2D eigenvalue weighted by Crippen LogP contribution is -2.33. The highest BCUT2D eigenvalue weighted by Gasteiger charge is 2.28. The van der Waals surface area contributed by atoms with E-state index in [-0.39, 0.29) is 6.03 Å². The van der Waals surface area contributed by atoms with Crippen LogP contribution >= 0.6 is 11.6 Å². The number of ether oxygens (including phenoxy) is 1. The zero-order valence-electron chi connectivity index (χ0n) is 15.5. The maximum atomic E-state index is 12.8. The van der Waals surface area contributed by atoms with Crippen LogP contribution in [0.25, 0.3) is 0 Å². The van der Waals surface area contributed by atoms with Crippen molar-refractivity contribution in [3.8, 4) is 5.75 Å². The summed E-state index contributed by atoms with van der Waals surface area (Å²) >= 11 is 6.14. The van der Waals surface area contributed by atoms with E-state index in [2.05, 4.69) is 10.4 Å². The average Bonchev–Trinajstić information content (AvgIpc) is 3.24. The maximum Gasteiger partial charge on any atom is 0.321 e. The van der Waals surface area contributed by atoms with Crippen molar-refractivity contribution in [3.05, 3.63) is 41.2 Å². The summed E-state index contributed by atoms with van der Waals surface area (Å²) in [7, 11) is 1.91. The number of hydrogen-bond acceptors (Lipinski definition) is 3. The number of aryl methyl sites for hydroxylation is 1. The van der Waals surface area contributed by atoms with E-state index in [0.29, 0.717) is 41.4 Å². The zero-order chi connectivity index (χ0) is 18.8. The molecule has 1 atom stereocenters. The molecule has 1 saturated heterocycles. The van der Waals surface area contributed by atoms with Crippen LogP contribution in [0.15, 0.2) is 30.6 Å². The summed E-state index contributed by atoms with van der Waals surface area (Å²) in [6, 6.07) is 5.27. The number of aromatic nitrogens is 2. The van der Waals surface area contributed by atoms with E-state index in [0.717, 1.165) is 13.0 Å². The van der Waals surface area contributed by atoms with Gasteiger partial charge < -0.3 is 15.0 Å². The van der Waals surface area contributed by atoms with E-state index in [1.165, 1.54) is 24.8 Å². The molecule has 1 N–H and O–H groups in total. The largest absolute Gasteiger partial charge is 0.491 e. The van der Waals surface area contributed by atoms with Crippen molar-refractivity contribution in [1.29, 1.82) is 0 Å². The van der Waals surface area contributed by atoms with Gasteiger partial charge in [-0.15, -0.1) is 0 Å². The number of likely N-dealkylation sites (tertiary alicyclic amines) is 1. The summed E-state index contributed by atoms with van der Waals surface area (Å²) in [6.45, 7) is 2.11. The smallest absolute Gasteiger partial charge is 0.321 e. The second-order valence-corrected chi connectivity index (χ2v) is 7.99. The molecule has 1 aliphatic carbocycles. The molecule has 2 heterocycles. The molecule has 0 spiro atoms. The second-order valence-electron chi connectivity index (χ2n) is 7.56. The SMILES string of the molecule is Cn1cc([C@H]2CCN(C(=O)Nc3cc(Cl)ccc3OCC3CCC3)C2)cn1. The Labute approximate surface area is 164 Å². The molecule has 1 aromatic carbocycles. The minimum atomic E-state index is -0.114. The average molecular weight is 389 g/mol. The lowest BCUT2D eigenvalue weighted by Gasteiger charge is -2.26. The molecule has 2 aromatic rings. The summed E-state index contributed by atoms with van der Waals surface area (Å²) in [5.41, 5.74) is 1.82. The lowest BCUT2D eigenvalue weighted by molar-refractivity contribution is 0.181. The molecule has 0 radical (unpaired) electrons. The molecule has 4 rings (SSSR count). The summed E-state index contributed by atoms with van der Waals surface area (Å²) < 4.78 is 7.75. The molecule has 144 valence electrons. The fourth-order valence-electron chi connectivity index (χ4n) is 3.65. The first-order valence-electron chi connectivity index (χ1n) is 9.55. The molecule has 1 aromatic heterocycles. The highest BCUT2D eigenvalue weighted by Crippen LogP contribution is 2.33. The number of hydrogen-bond donors (Lipinski definition) is 1. The van der Waals surface area contributed by atoms with Gasteiger partial charge in [-0.25, -0.2) is 4.79 Å². The number of carbonyl (C=O) groups excluding carboxylic acids is 1. The number of rotatable bonds is 5. The van der Waals surface area contributed by atoms with Crippen molar-refractivity contribution in [2.75, 3.05) is 25.0 Å². The Morgan fingerprint density at radius 2 is 2.22 bits per heavy atom. The third kappa shape index (κ3) is 4.21. The molecule has 2 aliphatic rings. The van der Waals surface area contributed by atoms with Gasteiger partial charge in [-0.2, -0.15) is 5.10 Å². The van der Waals surface area contributed by atoms with Crippen LogP contribution in [0.1, 0.15) is 37.2 Å². The van der Waals surface area contributed by atoms with Gasteiger partial charge in [-0.1, -0.05) is 18.0 Å². The number of carbonyl (C=O) groups is 1. The Morgan fingerprint density at radius 3 is 2.93 bits per heavy atom. The van der Waals surface area contributed by atoms with Gasteiger partial charge in [0.2, 0.25) is 0 Å². The molecule has 2 fully saturated rings. The molecule has 7 heteroatoms. The van der Waals surface area contributed by atoms with Gasteiger partial charge in [-0.3, -0.25) is 4.68 Å². The fourth-order valence-corrected chi connectivity index (χ4v) is 3.83. The second kappa shape index (κ2) is 7.80. The van der Waals surface area contributed by atoms with Gasteiger partial charge in [0.05, 0.1) is 18.5 Å².